The summed E-state index contributed by atoms with van der Waals surface area (Å²) in [6.45, 7) is 2.11. The van der Waals surface area contributed by atoms with Crippen LogP contribution in [0.4, 0.5) is 9.93 Å². The molecule has 1 saturated heterocycles. The minimum atomic E-state index is -1.34. The lowest BCUT2D eigenvalue weighted by Crippen LogP contribution is -2.71. The Bertz CT molecular complexity index is 1240. The van der Waals surface area contributed by atoms with Gasteiger partial charge in [-0.3, -0.25) is 14.5 Å². The van der Waals surface area contributed by atoms with Crippen LogP contribution in [-0.2, 0) is 38.2 Å². The fourth-order valence-electron chi connectivity index (χ4n) is 3.27. The number of β-lactam (4-membered cyclic amide) rings is 1. The molecule has 3 unspecified atom stereocenters. The zero-order chi connectivity index (χ0) is 28.9. The summed E-state index contributed by atoms with van der Waals surface area (Å²) >= 11 is 9.46. The molecular weight excluding hydrogens is 602 g/mol. The van der Waals surface area contributed by atoms with Crippen molar-refractivity contribution < 1.29 is 48.1 Å². The number of hydrogen-bond acceptors (Lipinski definition) is 15. The molecule has 2 aliphatic rings. The number of carboxylic acids is 1. The van der Waals surface area contributed by atoms with Gasteiger partial charge in [0.05, 0.1) is 6.61 Å². The molecule has 19 heteroatoms. The first-order chi connectivity index (χ1) is 18.5. The molecule has 1 aromatic rings. The van der Waals surface area contributed by atoms with Crippen LogP contribution in [0.15, 0.2) is 15.8 Å². The first-order valence-corrected chi connectivity index (χ1v) is 14.4. The minimum absolute atomic E-state index is 0.00864. The Labute approximate surface area is 238 Å². The first-order valence-electron chi connectivity index (χ1n) is 10.9. The van der Waals surface area contributed by atoms with Gasteiger partial charge in [-0.15, -0.1) is 23.5 Å². The molecule has 3 atom stereocenters. The van der Waals surface area contributed by atoms with Crippen molar-refractivity contribution in [3.8, 4) is 0 Å². The molecule has 0 aliphatic carbocycles. The third-order valence-electron chi connectivity index (χ3n) is 4.84. The number of hydrogen-bond donors (Lipinski definition) is 3. The van der Waals surface area contributed by atoms with Gasteiger partial charge in [0.2, 0.25) is 12.9 Å². The maximum Gasteiger partial charge on any atom is 0.511 e. The van der Waals surface area contributed by atoms with Gasteiger partial charge in [0.1, 0.15) is 27.1 Å². The number of amides is 2. The summed E-state index contributed by atoms with van der Waals surface area (Å²) in [6.07, 6.45) is -0.607. The number of nitrogen functional groups attached to an aromatic ring is 1. The number of carbonyl (C=O) groups is 5. The second-order valence-corrected chi connectivity index (χ2v) is 11.0. The number of fused-ring (bicyclic) bond motifs is 1. The van der Waals surface area contributed by atoms with Crippen molar-refractivity contribution in [3.05, 3.63) is 20.6 Å². The SMILES string of the molecule is CCOC(=O)OC(C)OC(=O)C1=C(SC)CSC2C(NC(=O)/C(=N/OCC(=O)O)c3nc(N)sc3Cl)C(=O)N12. The fraction of sp³-hybridized carbons (Fsp3) is 0.450. The number of nitrogens with two attached hydrogens (primary N) is 1. The standard InChI is InChI=1S/C20H22ClN5O10S3/c1-4-33-20(32)36-7(2)35-18(31)13-8(37-3)6-38-17-12(16(30)26(13)17)23-15(29)11(25-34-5-9(27)28)10-14(21)39-19(22)24-10/h7,12,17H,4-6H2,1-3H3,(H2,22,24)(H,23,29)(H,27,28)/b25-11+. The number of aromatic nitrogens is 1. The lowest BCUT2D eigenvalue weighted by atomic mass is 10.0. The largest absolute Gasteiger partial charge is 0.511 e. The summed E-state index contributed by atoms with van der Waals surface area (Å²) < 4.78 is 14.7. The van der Waals surface area contributed by atoms with Crippen molar-refractivity contribution in [1.82, 2.24) is 15.2 Å². The third-order valence-corrected chi connectivity index (χ3v) is 8.22. The van der Waals surface area contributed by atoms with Gasteiger partial charge >= 0.3 is 18.1 Å². The zero-order valence-corrected chi connectivity index (χ0v) is 23.7. The van der Waals surface area contributed by atoms with E-state index in [0.717, 1.165) is 11.3 Å². The van der Waals surface area contributed by atoms with Gasteiger partial charge in [-0.25, -0.2) is 19.4 Å². The number of thioether (sulfide) groups is 2. The summed E-state index contributed by atoms with van der Waals surface area (Å²) in [5.74, 6) is -3.51. The van der Waals surface area contributed by atoms with Gasteiger partial charge < -0.3 is 35.2 Å². The van der Waals surface area contributed by atoms with Crippen LogP contribution in [-0.4, -0.2) is 93.5 Å². The summed E-state index contributed by atoms with van der Waals surface area (Å²) in [4.78, 5) is 71.8. The highest BCUT2D eigenvalue weighted by atomic mass is 35.5. The van der Waals surface area contributed by atoms with E-state index >= 15 is 0 Å². The van der Waals surface area contributed by atoms with Gasteiger partial charge in [0.25, 0.3) is 11.8 Å². The number of esters is 1. The second kappa shape index (κ2) is 13.2. The summed E-state index contributed by atoms with van der Waals surface area (Å²) in [6, 6.07) is -1.10. The Kier molecular flexibility index (Phi) is 10.3. The lowest BCUT2D eigenvalue weighted by Gasteiger charge is -2.49. The zero-order valence-electron chi connectivity index (χ0n) is 20.5. The number of nitrogens with zero attached hydrogens (tertiary/aromatic N) is 3. The highest BCUT2D eigenvalue weighted by Gasteiger charge is 2.55. The Balaban J connectivity index is 1.77. The number of oxime groups is 1. The number of ether oxygens (including phenoxy) is 3. The van der Waals surface area contributed by atoms with Gasteiger partial charge in [-0.2, -0.15) is 0 Å². The van der Waals surface area contributed by atoms with Crippen molar-refractivity contribution >= 4 is 87.2 Å². The Morgan fingerprint density at radius 3 is 2.67 bits per heavy atom. The summed E-state index contributed by atoms with van der Waals surface area (Å²) in [5, 5.41) is 14.2. The van der Waals surface area contributed by atoms with Crippen LogP contribution in [0.5, 0.6) is 0 Å². The van der Waals surface area contributed by atoms with E-state index in [0.29, 0.717) is 10.7 Å². The molecule has 3 heterocycles. The molecule has 39 heavy (non-hydrogen) atoms. The van der Waals surface area contributed by atoms with Crippen molar-refractivity contribution in [3.63, 3.8) is 0 Å². The molecule has 0 aromatic carbocycles. The van der Waals surface area contributed by atoms with Crippen LogP contribution in [0.2, 0.25) is 4.34 Å². The smallest absolute Gasteiger partial charge is 0.479 e. The fourth-order valence-corrected chi connectivity index (χ4v) is 6.45. The molecule has 212 valence electrons. The van der Waals surface area contributed by atoms with Gasteiger partial charge in [0, 0.05) is 17.6 Å². The molecule has 1 aromatic heterocycles. The van der Waals surface area contributed by atoms with Crippen molar-refractivity contribution in [2.45, 2.75) is 31.6 Å². The molecule has 0 bridgehead atoms. The van der Waals surface area contributed by atoms with E-state index in [1.54, 1.807) is 13.2 Å². The topological polar surface area (TPSA) is 209 Å². The molecule has 15 nitrogen and oxygen atoms in total. The van der Waals surface area contributed by atoms with Crippen LogP contribution < -0.4 is 11.1 Å². The van der Waals surface area contributed by atoms with Crippen LogP contribution in [0.1, 0.15) is 19.5 Å². The molecule has 2 amide bonds. The van der Waals surface area contributed by atoms with Gasteiger partial charge in [-0.05, 0) is 13.2 Å². The number of nitrogens with one attached hydrogen (secondary N) is 1. The first kappa shape index (κ1) is 30.3. The number of thiazole rings is 1. The monoisotopic (exact) mass is 623 g/mol. The molecule has 2 aliphatic heterocycles. The Morgan fingerprint density at radius 1 is 1.36 bits per heavy atom. The summed E-state index contributed by atoms with van der Waals surface area (Å²) in [7, 11) is 0. The number of rotatable bonds is 11. The molecule has 0 saturated carbocycles. The Morgan fingerprint density at radius 2 is 2.08 bits per heavy atom. The number of halogens is 1. The van der Waals surface area contributed by atoms with Crippen LogP contribution >= 0.6 is 46.5 Å². The molecule has 4 N–H and O–H groups in total. The quantitative estimate of drug-likeness (QED) is 0.104. The van der Waals surface area contributed by atoms with Gasteiger partial charge in [0.15, 0.2) is 10.8 Å². The minimum Gasteiger partial charge on any atom is -0.479 e. The van der Waals surface area contributed by atoms with Crippen LogP contribution in [0.25, 0.3) is 0 Å². The molecule has 1 fully saturated rings. The van der Waals surface area contributed by atoms with Crippen molar-refractivity contribution in [2.24, 2.45) is 5.16 Å². The highest BCUT2D eigenvalue weighted by Crippen LogP contribution is 2.43. The predicted molar refractivity (Wildman–Crippen MR) is 141 cm³/mol. The molecular formula is C20H22ClN5O10S3. The highest BCUT2D eigenvalue weighted by molar-refractivity contribution is 8.05. The van der Waals surface area contributed by atoms with Crippen molar-refractivity contribution in [1.29, 1.82) is 0 Å². The van der Waals surface area contributed by atoms with Gasteiger partial charge in [-0.1, -0.05) is 28.1 Å². The van der Waals surface area contributed by atoms with E-state index in [1.807, 2.05) is 0 Å². The number of carboxylic acid groups (broad SMARTS) is 1. The van der Waals surface area contributed by atoms with Crippen LogP contribution in [0, 0.1) is 0 Å². The lowest BCUT2D eigenvalue weighted by molar-refractivity contribution is -0.168. The average Bonchev–Trinajstić information content (AvgIpc) is 3.20. The molecule has 3 rings (SSSR count). The third kappa shape index (κ3) is 7.06. The van der Waals surface area contributed by atoms with E-state index in [2.05, 4.69) is 20.2 Å². The van der Waals surface area contributed by atoms with Crippen LogP contribution in [0.3, 0.4) is 0 Å². The molecule has 0 spiro atoms. The summed E-state index contributed by atoms with van der Waals surface area (Å²) in [5.41, 5.74) is 4.94. The molecule has 0 radical (unpaired) electrons. The van der Waals surface area contributed by atoms with E-state index in [4.69, 9.17) is 36.8 Å². The average molecular weight is 624 g/mol. The number of carbonyl (C=O) groups excluding carboxylic acids is 4. The van der Waals surface area contributed by atoms with E-state index in [-0.39, 0.29) is 27.5 Å². The van der Waals surface area contributed by atoms with E-state index in [1.165, 1.54) is 35.3 Å². The maximum atomic E-state index is 13.1. The Hall–Kier alpha value is -3.22. The van der Waals surface area contributed by atoms with E-state index < -0.39 is 59.9 Å². The number of aliphatic carboxylic acids is 1. The number of anilines is 1. The maximum absolute atomic E-state index is 13.1. The normalized spacial score (nSPS) is 19.4. The second-order valence-electron chi connectivity index (χ2n) is 7.39. The predicted octanol–water partition coefficient (Wildman–Crippen LogP) is 1.22. The van der Waals surface area contributed by atoms with E-state index in [9.17, 15) is 24.0 Å². The van der Waals surface area contributed by atoms with Crippen molar-refractivity contribution in [2.75, 3.05) is 31.0 Å².